The van der Waals surface area contributed by atoms with E-state index in [0.717, 1.165) is 6.26 Å². The molecular formula is C11H15FN4O2S. The number of azide groups is 1. The second-order valence-electron chi connectivity index (χ2n) is 4.51. The normalized spacial score (nSPS) is 12.9. The van der Waals surface area contributed by atoms with E-state index in [1.54, 1.807) is 0 Å². The van der Waals surface area contributed by atoms with Crippen LogP contribution < -0.4 is 4.72 Å². The molecule has 104 valence electrons. The lowest BCUT2D eigenvalue weighted by Crippen LogP contribution is -2.11. The Morgan fingerprint density at radius 1 is 1.42 bits per heavy atom. The molecular weight excluding hydrogens is 271 g/mol. The maximum Gasteiger partial charge on any atom is 0.229 e. The molecule has 0 heterocycles. The van der Waals surface area contributed by atoms with E-state index in [1.807, 2.05) is 13.8 Å². The van der Waals surface area contributed by atoms with Gasteiger partial charge in [-0.2, -0.15) is 0 Å². The van der Waals surface area contributed by atoms with Crippen molar-refractivity contribution in [2.75, 3.05) is 11.0 Å². The molecule has 0 aliphatic rings. The number of benzene rings is 1. The van der Waals surface area contributed by atoms with Gasteiger partial charge in [-0.1, -0.05) is 25.0 Å². The van der Waals surface area contributed by atoms with Gasteiger partial charge in [0.25, 0.3) is 0 Å². The van der Waals surface area contributed by atoms with Gasteiger partial charge in [-0.05, 0) is 29.1 Å². The molecule has 0 bridgehead atoms. The Hall–Kier alpha value is -1.79. The van der Waals surface area contributed by atoms with E-state index in [1.165, 1.54) is 18.2 Å². The fraction of sp³-hybridized carbons (Fsp3) is 0.455. The number of nitrogens with zero attached hydrogens (tertiary/aromatic N) is 3. The molecule has 0 aromatic heterocycles. The van der Waals surface area contributed by atoms with E-state index in [9.17, 15) is 12.8 Å². The van der Waals surface area contributed by atoms with Gasteiger partial charge in [0.2, 0.25) is 10.0 Å². The zero-order chi connectivity index (χ0) is 14.6. The summed E-state index contributed by atoms with van der Waals surface area (Å²) in [4.78, 5) is 2.74. The van der Waals surface area contributed by atoms with Gasteiger partial charge >= 0.3 is 0 Å². The number of rotatable bonds is 5. The first-order valence-electron chi connectivity index (χ1n) is 5.56. The Labute approximate surface area is 111 Å². The Morgan fingerprint density at radius 3 is 2.47 bits per heavy atom. The zero-order valence-electron chi connectivity index (χ0n) is 10.8. The van der Waals surface area contributed by atoms with Gasteiger partial charge < -0.3 is 0 Å². The maximum atomic E-state index is 13.8. The summed E-state index contributed by atoms with van der Waals surface area (Å²) in [7, 11) is -3.53. The summed E-state index contributed by atoms with van der Waals surface area (Å²) in [6.07, 6.45) is 0.942. The predicted molar refractivity (Wildman–Crippen MR) is 71.6 cm³/mol. The van der Waals surface area contributed by atoms with Crippen LogP contribution in [0.15, 0.2) is 23.3 Å². The first-order valence-corrected chi connectivity index (χ1v) is 7.45. The molecule has 0 fully saturated rings. The largest absolute Gasteiger partial charge is 0.281 e. The van der Waals surface area contributed by atoms with Gasteiger partial charge in [0.1, 0.15) is 5.82 Å². The van der Waals surface area contributed by atoms with E-state index in [4.69, 9.17) is 5.53 Å². The van der Waals surface area contributed by atoms with E-state index in [-0.39, 0.29) is 11.6 Å². The molecule has 6 nitrogen and oxygen atoms in total. The second-order valence-corrected chi connectivity index (χ2v) is 6.26. The molecule has 0 radical (unpaired) electrons. The average Bonchev–Trinajstić information content (AvgIpc) is 2.27. The van der Waals surface area contributed by atoms with Crippen LogP contribution >= 0.6 is 0 Å². The lowest BCUT2D eigenvalue weighted by molar-refractivity contribution is 0.508. The third-order valence-corrected chi connectivity index (χ3v) is 3.03. The van der Waals surface area contributed by atoms with Crippen molar-refractivity contribution < 1.29 is 12.8 Å². The number of halogens is 1. The standard InChI is InChI=1S/C11H15FN4O2S/c1-7(2)11(14-16-13)8-4-5-10(9(12)6-8)15-19(3,17)18/h4-7,11,15H,1-3H3. The van der Waals surface area contributed by atoms with Crippen molar-refractivity contribution in [3.8, 4) is 0 Å². The maximum absolute atomic E-state index is 13.8. The van der Waals surface area contributed by atoms with Gasteiger partial charge in [0, 0.05) is 4.91 Å². The summed E-state index contributed by atoms with van der Waals surface area (Å²) in [6.45, 7) is 3.69. The zero-order valence-corrected chi connectivity index (χ0v) is 11.6. The SMILES string of the molecule is CC(C)C(N=[N+]=[N-])c1ccc(NS(C)(=O)=O)c(F)c1. The topological polar surface area (TPSA) is 94.9 Å². The third-order valence-electron chi connectivity index (χ3n) is 2.44. The van der Waals surface area contributed by atoms with Gasteiger partial charge in [0.15, 0.2) is 0 Å². The molecule has 0 saturated carbocycles. The van der Waals surface area contributed by atoms with E-state index < -0.39 is 21.9 Å². The van der Waals surface area contributed by atoms with Crippen molar-refractivity contribution in [3.05, 3.63) is 40.0 Å². The second kappa shape index (κ2) is 5.90. The minimum atomic E-state index is -3.53. The van der Waals surface area contributed by atoms with Crippen LogP contribution in [-0.2, 0) is 10.0 Å². The van der Waals surface area contributed by atoms with E-state index in [0.29, 0.717) is 5.56 Å². The molecule has 1 rings (SSSR count). The molecule has 8 heteroatoms. The summed E-state index contributed by atoms with van der Waals surface area (Å²) in [5, 5.41) is 3.61. The quantitative estimate of drug-likeness (QED) is 0.511. The Bertz CT molecular complexity index is 609. The van der Waals surface area contributed by atoms with Crippen LogP contribution in [0.2, 0.25) is 0 Å². The van der Waals surface area contributed by atoms with Crippen LogP contribution in [0.1, 0.15) is 25.5 Å². The summed E-state index contributed by atoms with van der Waals surface area (Å²) in [5.74, 6) is -0.703. The van der Waals surface area contributed by atoms with E-state index in [2.05, 4.69) is 14.7 Å². The molecule has 0 aliphatic heterocycles. The van der Waals surface area contributed by atoms with Crippen LogP contribution in [-0.4, -0.2) is 14.7 Å². The van der Waals surface area contributed by atoms with Crippen molar-refractivity contribution in [2.45, 2.75) is 19.9 Å². The molecule has 1 N–H and O–H groups in total. The monoisotopic (exact) mass is 286 g/mol. The highest BCUT2D eigenvalue weighted by Crippen LogP contribution is 2.28. The lowest BCUT2D eigenvalue weighted by Gasteiger charge is -2.16. The van der Waals surface area contributed by atoms with Crippen molar-refractivity contribution in [1.82, 2.24) is 0 Å². The number of hydrogen-bond acceptors (Lipinski definition) is 3. The molecule has 0 spiro atoms. The van der Waals surface area contributed by atoms with Gasteiger partial charge in [-0.15, -0.1) is 0 Å². The van der Waals surface area contributed by atoms with Crippen LogP contribution in [0.5, 0.6) is 0 Å². The number of hydrogen-bond donors (Lipinski definition) is 1. The van der Waals surface area contributed by atoms with Gasteiger partial charge in [-0.25, -0.2) is 12.8 Å². The number of anilines is 1. The minimum Gasteiger partial charge on any atom is -0.281 e. The molecule has 1 aromatic rings. The molecule has 1 atom stereocenters. The number of sulfonamides is 1. The molecule has 1 aromatic carbocycles. The minimum absolute atomic E-state index is 0.00372. The first-order chi connectivity index (χ1) is 8.74. The first kappa shape index (κ1) is 15.3. The van der Waals surface area contributed by atoms with Crippen molar-refractivity contribution >= 4 is 15.7 Å². The van der Waals surface area contributed by atoms with Gasteiger partial charge in [-0.3, -0.25) is 4.72 Å². The summed E-state index contributed by atoms with van der Waals surface area (Å²) >= 11 is 0. The molecule has 0 saturated heterocycles. The summed E-state index contributed by atoms with van der Waals surface area (Å²) in [6, 6.07) is 3.53. The van der Waals surface area contributed by atoms with Crippen LogP contribution in [0, 0.1) is 11.7 Å². The van der Waals surface area contributed by atoms with Crippen molar-refractivity contribution in [1.29, 1.82) is 0 Å². The molecule has 0 aliphatic carbocycles. The summed E-state index contributed by atoms with van der Waals surface area (Å²) < 4.78 is 37.9. The van der Waals surface area contributed by atoms with Crippen molar-refractivity contribution in [3.63, 3.8) is 0 Å². The van der Waals surface area contributed by atoms with E-state index >= 15 is 0 Å². The predicted octanol–water partition coefficient (Wildman–Crippen LogP) is 3.20. The summed E-state index contributed by atoms with van der Waals surface area (Å²) in [5.41, 5.74) is 8.87. The Morgan fingerprint density at radius 2 is 2.05 bits per heavy atom. The fourth-order valence-corrected chi connectivity index (χ4v) is 2.20. The van der Waals surface area contributed by atoms with Gasteiger partial charge in [0.05, 0.1) is 18.0 Å². The number of nitrogens with one attached hydrogen (secondary N) is 1. The highest BCUT2D eigenvalue weighted by Gasteiger charge is 2.16. The highest BCUT2D eigenvalue weighted by molar-refractivity contribution is 7.92. The lowest BCUT2D eigenvalue weighted by atomic mass is 9.97. The Balaban J connectivity index is 3.14. The highest BCUT2D eigenvalue weighted by atomic mass is 32.2. The molecule has 19 heavy (non-hydrogen) atoms. The van der Waals surface area contributed by atoms with Crippen LogP contribution in [0.25, 0.3) is 10.4 Å². The average molecular weight is 286 g/mol. The Kier molecular flexibility index (Phi) is 4.74. The smallest absolute Gasteiger partial charge is 0.229 e. The van der Waals surface area contributed by atoms with Crippen LogP contribution in [0.3, 0.4) is 0 Å². The molecule has 0 amide bonds. The van der Waals surface area contributed by atoms with Crippen LogP contribution in [0.4, 0.5) is 10.1 Å². The fourth-order valence-electron chi connectivity index (χ4n) is 1.64. The third kappa shape index (κ3) is 4.42. The van der Waals surface area contributed by atoms with Crippen molar-refractivity contribution in [2.24, 2.45) is 11.0 Å². The molecule has 1 unspecified atom stereocenters.